The molecule has 0 saturated carbocycles. The second kappa shape index (κ2) is 10.7. The Kier molecular flexibility index (Phi) is 8.00. The van der Waals surface area contributed by atoms with Crippen LogP contribution in [0.1, 0.15) is 31.5 Å². The minimum atomic E-state index is 0.494. The number of ether oxygens (including phenoxy) is 1. The number of halogens is 2. The first-order chi connectivity index (χ1) is 14.0. The van der Waals surface area contributed by atoms with Gasteiger partial charge in [0.05, 0.1) is 13.2 Å². The predicted octanol–water partition coefficient (Wildman–Crippen LogP) is 3.98. The Balaban J connectivity index is 1.47. The first-order valence-corrected chi connectivity index (χ1v) is 10.7. The van der Waals surface area contributed by atoms with Crippen molar-refractivity contribution in [3.63, 3.8) is 0 Å². The van der Waals surface area contributed by atoms with Gasteiger partial charge in [-0.25, -0.2) is 0 Å². The molecular formula is C20H27Cl2N5O2. The van der Waals surface area contributed by atoms with E-state index >= 15 is 0 Å². The van der Waals surface area contributed by atoms with E-state index in [1.165, 1.54) is 0 Å². The molecule has 1 saturated heterocycles. The van der Waals surface area contributed by atoms with Gasteiger partial charge in [0, 0.05) is 36.1 Å². The van der Waals surface area contributed by atoms with Crippen LogP contribution in [-0.4, -0.2) is 53.8 Å². The van der Waals surface area contributed by atoms with E-state index < -0.39 is 0 Å². The molecule has 0 aliphatic carbocycles. The molecule has 1 aliphatic rings. The number of benzene rings is 1. The van der Waals surface area contributed by atoms with E-state index in [1.807, 2.05) is 6.92 Å². The van der Waals surface area contributed by atoms with Gasteiger partial charge < -0.3 is 19.5 Å². The van der Waals surface area contributed by atoms with Crippen molar-refractivity contribution in [1.82, 2.24) is 20.4 Å². The minimum Gasteiger partial charge on any atom is -0.493 e. The predicted molar refractivity (Wildman–Crippen MR) is 115 cm³/mol. The van der Waals surface area contributed by atoms with Crippen LogP contribution in [0.2, 0.25) is 10.0 Å². The maximum atomic E-state index is 6.03. The van der Waals surface area contributed by atoms with Crippen molar-refractivity contribution in [3.05, 3.63) is 40.0 Å². The summed E-state index contributed by atoms with van der Waals surface area (Å²) in [4.78, 5) is 11.2. The van der Waals surface area contributed by atoms with Crippen LogP contribution in [0.4, 0.5) is 0 Å². The highest BCUT2D eigenvalue weighted by atomic mass is 35.5. The number of nitrogens with zero attached hydrogens (tertiary/aromatic N) is 4. The molecule has 0 atom stereocenters. The lowest BCUT2D eigenvalue weighted by atomic mass is 9.98. The van der Waals surface area contributed by atoms with Crippen LogP contribution in [0.3, 0.4) is 0 Å². The van der Waals surface area contributed by atoms with Gasteiger partial charge in [-0.15, -0.1) is 0 Å². The van der Waals surface area contributed by atoms with Crippen LogP contribution in [0.25, 0.3) is 0 Å². The van der Waals surface area contributed by atoms with E-state index in [4.69, 9.17) is 37.5 Å². The van der Waals surface area contributed by atoms with Gasteiger partial charge in [-0.2, -0.15) is 4.98 Å². The number of likely N-dealkylation sites (tertiary alicyclic amines) is 1. The van der Waals surface area contributed by atoms with Crippen LogP contribution < -0.4 is 10.1 Å². The molecule has 0 radical (unpaired) electrons. The van der Waals surface area contributed by atoms with Crippen LogP contribution in [0, 0.1) is 12.8 Å². The second-order valence-corrected chi connectivity index (χ2v) is 7.94. The van der Waals surface area contributed by atoms with Gasteiger partial charge in [0.1, 0.15) is 5.75 Å². The Morgan fingerprint density at radius 2 is 2.00 bits per heavy atom. The van der Waals surface area contributed by atoms with Crippen molar-refractivity contribution in [2.24, 2.45) is 10.9 Å². The van der Waals surface area contributed by atoms with Crippen molar-refractivity contribution >= 4 is 29.2 Å². The third-order valence-corrected chi connectivity index (χ3v) is 5.16. The molecule has 158 valence electrons. The summed E-state index contributed by atoms with van der Waals surface area (Å²) in [5.74, 6) is 3.42. The van der Waals surface area contributed by atoms with Crippen molar-refractivity contribution < 1.29 is 9.26 Å². The Labute approximate surface area is 181 Å². The number of aromatic nitrogens is 2. The highest BCUT2D eigenvalue weighted by molar-refractivity contribution is 6.34. The molecule has 9 heteroatoms. The number of aliphatic imine (C=N–C) groups is 1. The molecule has 29 heavy (non-hydrogen) atoms. The number of hydrogen-bond acceptors (Lipinski definition) is 5. The molecule has 0 spiro atoms. The highest BCUT2D eigenvalue weighted by Crippen LogP contribution is 2.26. The van der Waals surface area contributed by atoms with Gasteiger partial charge in [0.25, 0.3) is 0 Å². The Hall–Kier alpha value is -1.99. The van der Waals surface area contributed by atoms with E-state index in [9.17, 15) is 0 Å². The summed E-state index contributed by atoms with van der Waals surface area (Å²) in [6.45, 7) is 7.88. The van der Waals surface area contributed by atoms with E-state index in [0.29, 0.717) is 47.3 Å². The molecule has 7 nitrogen and oxygen atoms in total. The number of aryl methyl sites for hydroxylation is 1. The van der Waals surface area contributed by atoms with E-state index in [2.05, 4.69) is 27.3 Å². The fraction of sp³-hybridized carbons (Fsp3) is 0.550. The van der Waals surface area contributed by atoms with Gasteiger partial charge in [-0.3, -0.25) is 4.99 Å². The lowest BCUT2D eigenvalue weighted by Gasteiger charge is -2.34. The molecule has 2 aromatic rings. The zero-order chi connectivity index (χ0) is 20.6. The lowest BCUT2D eigenvalue weighted by molar-refractivity contribution is 0.179. The van der Waals surface area contributed by atoms with Crippen LogP contribution in [0.15, 0.2) is 27.7 Å². The molecule has 1 aromatic carbocycles. The van der Waals surface area contributed by atoms with Gasteiger partial charge >= 0.3 is 0 Å². The molecule has 0 unspecified atom stereocenters. The fourth-order valence-electron chi connectivity index (χ4n) is 3.26. The summed E-state index contributed by atoms with van der Waals surface area (Å²) in [6.07, 6.45) is 2.73. The standard InChI is InChI=1S/C20H27Cl2N5O2/c1-3-23-20(24-7-4-19-25-14(2)26-29-19)27-8-5-15(6-9-27)13-28-18-11-16(21)10-17(22)12-18/h10-12,15H,3-9,13H2,1-2H3,(H,23,24). The molecule has 1 N–H and O–H groups in total. The third kappa shape index (κ3) is 6.78. The van der Waals surface area contributed by atoms with Crippen LogP contribution >= 0.6 is 23.2 Å². The van der Waals surface area contributed by atoms with Crippen molar-refractivity contribution in [3.8, 4) is 5.75 Å². The van der Waals surface area contributed by atoms with Gasteiger partial charge in [-0.05, 0) is 50.8 Å². The Bertz CT molecular complexity index is 799. The minimum absolute atomic E-state index is 0.494. The van der Waals surface area contributed by atoms with E-state index in [1.54, 1.807) is 18.2 Å². The van der Waals surface area contributed by atoms with Crippen molar-refractivity contribution in [2.75, 3.05) is 32.8 Å². The number of hydrogen-bond donors (Lipinski definition) is 1. The summed E-state index contributed by atoms with van der Waals surface area (Å²) >= 11 is 12.1. The van der Waals surface area contributed by atoms with Gasteiger partial charge in [0.15, 0.2) is 11.8 Å². The quantitative estimate of drug-likeness (QED) is 0.519. The fourth-order valence-corrected chi connectivity index (χ4v) is 3.77. The second-order valence-electron chi connectivity index (χ2n) is 7.07. The number of rotatable bonds is 7. The normalized spacial score (nSPS) is 15.6. The molecule has 2 heterocycles. The summed E-state index contributed by atoms with van der Waals surface area (Å²) in [5.41, 5.74) is 0. The maximum absolute atomic E-state index is 6.03. The van der Waals surface area contributed by atoms with Gasteiger partial charge in [-0.1, -0.05) is 28.4 Å². The van der Waals surface area contributed by atoms with Crippen molar-refractivity contribution in [1.29, 1.82) is 0 Å². The number of piperidine rings is 1. The number of guanidine groups is 1. The largest absolute Gasteiger partial charge is 0.493 e. The van der Waals surface area contributed by atoms with E-state index in [-0.39, 0.29) is 0 Å². The summed E-state index contributed by atoms with van der Waals surface area (Å²) in [5, 5.41) is 8.36. The third-order valence-electron chi connectivity index (χ3n) is 4.73. The smallest absolute Gasteiger partial charge is 0.228 e. The summed E-state index contributed by atoms with van der Waals surface area (Å²) in [7, 11) is 0. The molecular weight excluding hydrogens is 413 g/mol. The summed E-state index contributed by atoms with van der Waals surface area (Å²) < 4.78 is 11.1. The topological polar surface area (TPSA) is 75.8 Å². The lowest BCUT2D eigenvalue weighted by Crippen LogP contribution is -2.46. The molecule has 0 amide bonds. The highest BCUT2D eigenvalue weighted by Gasteiger charge is 2.22. The molecule has 1 aromatic heterocycles. The van der Waals surface area contributed by atoms with Gasteiger partial charge in [0.2, 0.25) is 5.89 Å². The van der Waals surface area contributed by atoms with Crippen molar-refractivity contribution in [2.45, 2.75) is 33.1 Å². The monoisotopic (exact) mass is 439 g/mol. The molecule has 0 bridgehead atoms. The maximum Gasteiger partial charge on any atom is 0.228 e. The first kappa shape index (κ1) is 21.7. The Morgan fingerprint density at radius 3 is 2.62 bits per heavy atom. The average molecular weight is 440 g/mol. The number of nitrogens with one attached hydrogen (secondary N) is 1. The zero-order valence-electron chi connectivity index (χ0n) is 16.8. The zero-order valence-corrected chi connectivity index (χ0v) is 18.3. The molecule has 1 fully saturated rings. The first-order valence-electron chi connectivity index (χ1n) is 9.95. The Morgan fingerprint density at radius 1 is 1.28 bits per heavy atom. The van der Waals surface area contributed by atoms with Crippen LogP contribution in [0.5, 0.6) is 5.75 Å². The molecule has 3 rings (SSSR count). The van der Waals surface area contributed by atoms with Crippen LogP contribution in [-0.2, 0) is 6.42 Å². The molecule has 1 aliphatic heterocycles. The SMILES string of the molecule is CCNC(=NCCc1nc(C)no1)N1CCC(COc2cc(Cl)cc(Cl)c2)CC1. The average Bonchev–Trinajstić information content (AvgIpc) is 3.10. The summed E-state index contributed by atoms with van der Waals surface area (Å²) in [6, 6.07) is 5.29. The van der Waals surface area contributed by atoms with E-state index in [0.717, 1.165) is 44.2 Å².